The maximum Gasteiger partial charge on any atom is 0.351 e. The van der Waals surface area contributed by atoms with Gasteiger partial charge in [-0.1, -0.05) is 0 Å². The largest absolute Gasteiger partial charge is 0.394 e. The Morgan fingerprint density at radius 2 is 0.627 bits per heavy atom. The number of ether oxygens (including phenoxy) is 15. The van der Waals surface area contributed by atoms with Crippen LogP contribution in [0, 0.1) is 13.8 Å². The van der Waals surface area contributed by atoms with Gasteiger partial charge in [-0.2, -0.15) is 34.9 Å². The normalized spacial score (nSPS) is 29.9. The zero-order chi connectivity index (χ0) is 92.9. The molecule has 8 aliphatic rings. The van der Waals surface area contributed by atoms with Crippen LogP contribution in [0.25, 0.3) is 44.7 Å². The number of nitrogens with two attached hydrogens (primary N) is 8. The topological polar surface area (TPSA) is 761 Å². The van der Waals surface area contributed by atoms with Crippen LogP contribution in [0.15, 0.2) is 102 Å². The minimum atomic E-state index is -1.09. The molecule has 21 N–H and O–H groups in total. The van der Waals surface area contributed by atoms with Gasteiger partial charge in [0.2, 0.25) is 17.8 Å². The van der Waals surface area contributed by atoms with Gasteiger partial charge in [0.1, 0.15) is 145 Å². The summed E-state index contributed by atoms with van der Waals surface area (Å²) in [5.41, 5.74) is 44.8. The Balaban J connectivity index is 0.569. The van der Waals surface area contributed by atoms with E-state index in [0.717, 1.165) is 0 Å². The third-order valence-electron chi connectivity index (χ3n) is 25.1. The molecular formula is C78H94N32O24. The molecule has 8 aliphatic heterocycles. The molecule has 20 heterocycles. The van der Waals surface area contributed by atoms with Gasteiger partial charge in [0.25, 0.3) is 16.7 Å². The molecule has 8 saturated heterocycles. The summed E-state index contributed by atoms with van der Waals surface area (Å²) in [6.07, 6.45) is -11.9. The molecule has 134 heavy (non-hydrogen) atoms. The van der Waals surface area contributed by atoms with Gasteiger partial charge in [0, 0.05) is 76.2 Å². The first-order chi connectivity index (χ1) is 64.6. The van der Waals surface area contributed by atoms with Crippen LogP contribution >= 0.6 is 0 Å². The number of nitrogens with one attached hydrogen (secondary N) is 3. The van der Waals surface area contributed by atoms with Crippen LogP contribution in [0.2, 0.25) is 0 Å². The van der Waals surface area contributed by atoms with E-state index < -0.39 is 194 Å². The molecule has 0 aromatic carbocycles. The molecule has 24 atom stereocenters. The Morgan fingerprint density at radius 3 is 0.993 bits per heavy atom. The highest BCUT2D eigenvalue weighted by molar-refractivity contribution is 5.81. The highest BCUT2D eigenvalue weighted by Crippen LogP contribution is 2.44. The van der Waals surface area contributed by atoms with E-state index in [2.05, 4.69) is 79.7 Å². The summed E-state index contributed by atoms with van der Waals surface area (Å²) < 4.78 is 113. The molecule has 0 spiro atoms. The number of imidazole rings is 4. The molecule has 0 aliphatic carbocycles. The average Bonchev–Trinajstić information content (AvgIpc) is 1.58. The molecular weight excluding hydrogens is 1770 g/mol. The Morgan fingerprint density at radius 1 is 0.336 bits per heavy atom. The van der Waals surface area contributed by atoms with Crippen molar-refractivity contribution in [1.82, 2.24) is 116 Å². The zero-order valence-electron chi connectivity index (χ0n) is 71.4. The fourth-order valence-corrected chi connectivity index (χ4v) is 18.7. The van der Waals surface area contributed by atoms with E-state index in [0.29, 0.717) is 22.8 Å². The summed E-state index contributed by atoms with van der Waals surface area (Å²) in [6, 6.07) is 5.78. The van der Waals surface area contributed by atoms with Crippen molar-refractivity contribution in [1.29, 1.82) is 0 Å². The number of rotatable bonds is 30. The second kappa shape index (κ2) is 36.3. The second-order valence-corrected chi connectivity index (χ2v) is 33.6. The molecule has 8 fully saturated rings. The van der Waals surface area contributed by atoms with Crippen LogP contribution in [-0.2, 0) is 71.1 Å². The van der Waals surface area contributed by atoms with Crippen LogP contribution in [0.5, 0.6) is 0 Å². The highest BCUT2D eigenvalue weighted by Gasteiger charge is 2.50. The Hall–Kier alpha value is -13.2. The number of anilines is 8. The first-order valence-electron chi connectivity index (χ1n) is 43.0. The predicted molar refractivity (Wildman–Crippen MR) is 458 cm³/mol. The van der Waals surface area contributed by atoms with Crippen molar-refractivity contribution in [3.8, 4) is 0 Å². The summed E-state index contributed by atoms with van der Waals surface area (Å²) in [5, 5.41) is 22.1. The number of aliphatic hydroxyl groups is 2. The molecule has 0 saturated carbocycles. The van der Waals surface area contributed by atoms with E-state index in [1.807, 2.05) is 0 Å². The van der Waals surface area contributed by atoms with Crippen molar-refractivity contribution in [3.63, 3.8) is 0 Å². The third-order valence-corrected chi connectivity index (χ3v) is 25.1. The third kappa shape index (κ3) is 17.4. The molecule has 0 amide bonds. The van der Waals surface area contributed by atoms with E-state index >= 15 is 0 Å². The van der Waals surface area contributed by atoms with E-state index in [1.54, 1.807) is 27.5 Å². The minimum Gasteiger partial charge on any atom is -0.394 e. The molecule has 56 heteroatoms. The lowest BCUT2D eigenvalue weighted by molar-refractivity contribution is -0.144. The SMILES string of the molecule is Cc1nc2c(=O)[nH]c(N)nc2n1[C@H]1C[C@H](OC[C@H]2O[C@@H](n3ccc(N)nc3=O)C[C@@H]2OC[C@H]2O[C@@H](n3cnc4c(N)ncnc43)C[C@@H]2OC[C@H]2O[C@@H](n3ccc(N)nc3=O)C[C@@H]2OC[C@H]2O[C@@H](n3c(C)nc4c(=O)[nH]c(N)nc43)C[C@@H]2OC[C@H]2O[C@@H](n3ccc(N)nc3=O)C[C@@H]2OC[C@H]2O[C@@H](n3cnc4c(=O)[nH]c(N)nc43)C[C@@H]2O)[C@@H](CO[C@H]2C[C@H](n3ccc(N)nc3=O)O[C@@H]2CO)O1. The number of hydrogen-bond donors (Lipinski definition) is 13. The van der Waals surface area contributed by atoms with Crippen LogP contribution in [0.4, 0.5) is 46.9 Å². The molecule has 0 bridgehead atoms. The summed E-state index contributed by atoms with van der Waals surface area (Å²) in [7, 11) is 0. The van der Waals surface area contributed by atoms with Gasteiger partial charge in [-0.15, -0.1) is 0 Å². The van der Waals surface area contributed by atoms with Crippen LogP contribution < -0.4 is 85.3 Å². The number of nitrogen functional groups attached to an aromatic ring is 8. The van der Waals surface area contributed by atoms with Crippen molar-refractivity contribution in [3.05, 3.63) is 153 Å². The van der Waals surface area contributed by atoms with Crippen molar-refractivity contribution in [2.24, 2.45) is 0 Å². The Labute approximate surface area is 750 Å². The van der Waals surface area contributed by atoms with Crippen molar-refractivity contribution >= 4 is 91.6 Å². The lowest BCUT2D eigenvalue weighted by Gasteiger charge is -2.27. The van der Waals surface area contributed by atoms with Gasteiger partial charge in [-0.05, 0) is 38.1 Å². The van der Waals surface area contributed by atoms with E-state index in [-0.39, 0.29) is 178 Å². The lowest BCUT2D eigenvalue weighted by atomic mass is 10.1. The first-order valence-corrected chi connectivity index (χ1v) is 43.0. The molecule has 56 nitrogen and oxygen atoms in total. The van der Waals surface area contributed by atoms with Gasteiger partial charge >= 0.3 is 22.8 Å². The maximum absolute atomic E-state index is 13.9. The highest BCUT2D eigenvalue weighted by atomic mass is 16.7. The number of aliphatic hydroxyl groups excluding tert-OH is 2. The number of H-pyrrole nitrogens is 3. The number of fused-ring (bicyclic) bond motifs is 4. The van der Waals surface area contributed by atoms with Gasteiger partial charge in [-0.25, -0.2) is 49.1 Å². The molecule has 12 aromatic rings. The molecule has 0 unspecified atom stereocenters. The van der Waals surface area contributed by atoms with E-state index in [1.165, 1.54) is 90.9 Å². The quantitative estimate of drug-likeness (QED) is 0.0203. The Bertz CT molecular complexity index is 6850. The minimum absolute atomic E-state index is 0.00249. The van der Waals surface area contributed by atoms with E-state index in [9.17, 15) is 43.8 Å². The monoisotopic (exact) mass is 1860 g/mol. The smallest absolute Gasteiger partial charge is 0.351 e. The summed E-state index contributed by atoms with van der Waals surface area (Å²) in [4.78, 5) is 156. The predicted octanol–water partition coefficient (Wildman–Crippen LogP) is -4.12. The molecule has 710 valence electrons. The van der Waals surface area contributed by atoms with Gasteiger partial charge in [0.05, 0.1) is 114 Å². The number of aromatic amines is 3. The number of aromatic nitrogens is 24. The molecule has 12 aromatic heterocycles. The fraction of sp³-hybridized carbons (Fsp3) is 0.538. The van der Waals surface area contributed by atoms with E-state index in [4.69, 9.17) is 117 Å². The van der Waals surface area contributed by atoms with Gasteiger partial charge in [-0.3, -0.25) is 65.9 Å². The Kier molecular flexibility index (Phi) is 24.1. The number of nitrogens with zero attached hydrogens (tertiary/aromatic N) is 21. The maximum atomic E-state index is 13.9. The van der Waals surface area contributed by atoms with Crippen molar-refractivity contribution in [2.75, 3.05) is 98.7 Å². The average molecular weight is 1860 g/mol. The molecule has 0 radical (unpaired) electrons. The number of aryl methyl sites for hydroxylation is 2. The zero-order valence-corrected chi connectivity index (χ0v) is 71.4. The lowest BCUT2D eigenvalue weighted by Crippen LogP contribution is -2.40. The summed E-state index contributed by atoms with van der Waals surface area (Å²) in [6.45, 7) is 1.33. The van der Waals surface area contributed by atoms with Crippen LogP contribution in [0.3, 0.4) is 0 Å². The number of hydrogen-bond acceptors (Lipinski definition) is 45. The second-order valence-electron chi connectivity index (χ2n) is 33.6. The molecule has 20 rings (SSSR count). The van der Waals surface area contributed by atoms with Crippen molar-refractivity contribution in [2.45, 2.75) is 213 Å². The van der Waals surface area contributed by atoms with Crippen LogP contribution in [-0.4, -0.2) is 277 Å². The fourth-order valence-electron chi connectivity index (χ4n) is 18.7. The summed E-state index contributed by atoms with van der Waals surface area (Å²) in [5.74, 6) is 0.189. The van der Waals surface area contributed by atoms with Gasteiger partial charge in [0.15, 0.2) is 45.0 Å². The van der Waals surface area contributed by atoms with Crippen LogP contribution in [0.1, 0.15) is 113 Å². The summed E-state index contributed by atoms with van der Waals surface area (Å²) >= 11 is 0. The van der Waals surface area contributed by atoms with Crippen molar-refractivity contribution < 1.29 is 81.3 Å². The van der Waals surface area contributed by atoms with Gasteiger partial charge < -0.3 is 127 Å². The standard InChI is InChI=1S/C78H94N32O24/c1-30-91-62-67(98-73(85)101-70(62)114)109(30)58-17-38(46(133-58)25-121-33-12-53(127-40(33)19-111)103-7-3-48(79)93-75(103)116)126-23-44-35(14-55(131-44)105-9-5-50(81)95-77(105)118)122-24-45-37(16-57(132-45)107-28-89-60-64(83)87-27-88-65(60)107)123-21-43-36(15-56(130-43)106-10-6-51(82)96-78(106)119)124-26-47-39(18-59(134-47)110-31(2)92-63-68(110)99-74(86)102-71(63)115)125-22-42-34(13-54(129-42)104-8-4-49(80)94-76(104)117)120-20-41-32(112)11-52(128-41)108-29-90-61-66(108)97-72(84)100-69(61)113/h3-10,27-29,32-47,52-59,111-112H,11-26H2,1-2H3,(H2,79,93,116)(H2,80,94,117)(H2,81,95,118)(H2,82,96,119)(H2,83,87,88)(H3,84,97,100,113)(H3,85,98,101,114)(H3,86,99,102,115)/t32-,33-,34-,35-,36-,37-,38-,39-,40+,41+,42+,43+,44+,45+,46+,47+,52+,53+,54+,55+,56+,57+,58+,59+/m0/s1. The first kappa shape index (κ1) is 88.7.